The van der Waals surface area contributed by atoms with Crippen molar-refractivity contribution in [3.05, 3.63) is 39.9 Å². The summed E-state index contributed by atoms with van der Waals surface area (Å²) in [5, 5.41) is 13.9. The van der Waals surface area contributed by atoms with Crippen LogP contribution in [0.1, 0.15) is 30.9 Å². The van der Waals surface area contributed by atoms with Gasteiger partial charge in [0.15, 0.2) is 0 Å². The molecule has 2 rings (SSSR count). The molecule has 0 aromatic heterocycles. The van der Waals surface area contributed by atoms with Gasteiger partial charge < -0.3 is 5.32 Å². The Kier molecular flexibility index (Phi) is 4.71. The van der Waals surface area contributed by atoms with Crippen molar-refractivity contribution in [2.45, 2.75) is 25.3 Å². The highest BCUT2D eigenvalue weighted by Gasteiger charge is 2.15. The number of non-ortho nitro benzene ring substituents is 1. The summed E-state index contributed by atoms with van der Waals surface area (Å²) in [4.78, 5) is 10.1. The summed E-state index contributed by atoms with van der Waals surface area (Å²) in [6, 6.07) is 7.22. The van der Waals surface area contributed by atoms with Crippen LogP contribution < -0.4 is 5.32 Å². The minimum atomic E-state index is -0.363. The van der Waals surface area contributed by atoms with Crippen molar-refractivity contribution in [2.75, 3.05) is 6.54 Å². The third kappa shape index (κ3) is 2.93. The molecule has 4 nitrogen and oxygen atoms in total. The smallest absolute Gasteiger partial charge is 0.269 e. The lowest BCUT2D eigenvalue weighted by Crippen LogP contribution is -2.26. The largest absolute Gasteiger partial charge is 0.310 e. The Morgan fingerprint density at radius 1 is 1.25 bits per heavy atom. The lowest BCUT2D eigenvalue weighted by Gasteiger charge is -2.23. The van der Waals surface area contributed by atoms with Gasteiger partial charge in [-0.1, -0.05) is 18.6 Å². The molecular weight excluding hydrogens is 228 g/mol. The molecule has 0 radical (unpaired) electrons. The SMILES string of the molecule is Cl.O=[N+]([O-])c1ccc([C@H]2CCCCN2)cc1. The van der Waals surface area contributed by atoms with Crippen molar-refractivity contribution in [3.8, 4) is 0 Å². The van der Waals surface area contributed by atoms with Gasteiger partial charge >= 0.3 is 0 Å². The standard InChI is InChI=1S/C11H14N2O2.ClH/c14-13(15)10-6-4-9(5-7-10)11-3-1-2-8-12-11;/h4-7,11-12H,1-3,8H2;1H/t11-;/m1./s1. The summed E-state index contributed by atoms with van der Waals surface area (Å²) < 4.78 is 0. The number of nitrogens with zero attached hydrogens (tertiary/aromatic N) is 1. The van der Waals surface area contributed by atoms with Crippen LogP contribution in [0.3, 0.4) is 0 Å². The van der Waals surface area contributed by atoms with E-state index in [9.17, 15) is 10.1 Å². The molecule has 1 saturated heterocycles. The molecule has 16 heavy (non-hydrogen) atoms. The predicted octanol–water partition coefficient (Wildman–Crippen LogP) is 2.83. The maximum absolute atomic E-state index is 10.5. The van der Waals surface area contributed by atoms with E-state index in [1.807, 2.05) is 12.1 Å². The minimum absolute atomic E-state index is 0. The quantitative estimate of drug-likeness (QED) is 0.641. The van der Waals surface area contributed by atoms with Crippen molar-refractivity contribution >= 4 is 18.1 Å². The first-order chi connectivity index (χ1) is 7.27. The van der Waals surface area contributed by atoms with E-state index < -0.39 is 0 Å². The van der Waals surface area contributed by atoms with Gasteiger partial charge in [0.1, 0.15) is 0 Å². The molecule has 0 amide bonds. The summed E-state index contributed by atoms with van der Waals surface area (Å²) in [5.74, 6) is 0. The molecule has 0 saturated carbocycles. The van der Waals surface area contributed by atoms with E-state index in [-0.39, 0.29) is 23.0 Å². The molecule has 0 bridgehead atoms. The molecule has 1 aromatic rings. The second-order valence-corrected chi connectivity index (χ2v) is 3.85. The fourth-order valence-corrected chi connectivity index (χ4v) is 1.96. The Bertz CT molecular complexity index is 348. The first kappa shape index (κ1) is 12.9. The minimum Gasteiger partial charge on any atom is -0.310 e. The third-order valence-corrected chi connectivity index (χ3v) is 2.82. The maximum atomic E-state index is 10.5. The van der Waals surface area contributed by atoms with Crippen LogP contribution in [0.2, 0.25) is 0 Å². The molecule has 0 aliphatic carbocycles. The van der Waals surface area contributed by atoms with Gasteiger partial charge in [-0.3, -0.25) is 10.1 Å². The van der Waals surface area contributed by atoms with Gasteiger partial charge in [-0.15, -0.1) is 12.4 Å². The Labute approximate surface area is 101 Å². The van der Waals surface area contributed by atoms with E-state index in [0.717, 1.165) is 18.5 Å². The van der Waals surface area contributed by atoms with Crippen molar-refractivity contribution < 1.29 is 4.92 Å². The molecule has 0 spiro atoms. The Morgan fingerprint density at radius 3 is 2.44 bits per heavy atom. The maximum Gasteiger partial charge on any atom is 0.269 e. The van der Waals surface area contributed by atoms with Gasteiger partial charge in [-0.2, -0.15) is 0 Å². The average Bonchev–Trinajstić information content (AvgIpc) is 2.30. The average molecular weight is 243 g/mol. The second-order valence-electron chi connectivity index (χ2n) is 3.85. The molecular formula is C11H15ClN2O2. The van der Waals surface area contributed by atoms with Crippen LogP contribution in [0.5, 0.6) is 0 Å². The molecule has 1 atom stereocenters. The fourth-order valence-electron chi connectivity index (χ4n) is 1.96. The number of nitro groups is 1. The van der Waals surface area contributed by atoms with Crippen LogP contribution in [0.15, 0.2) is 24.3 Å². The molecule has 1 aliphatic rings. The normalized spacial score (nSPS) is 19.9. The Hall–Kier alpha value is -1.13. The monoisotopic (exact) mass is 242 g/mol. The van der Waals surface area contributed by atoms with Crippen molar-refractivity contribution in [1.29, 1.82) is 0 Å². The van der Waals surface area contributed by atoms with Crippen LogP contribution in [0.4, 0.5) is 5.69 Å². The van der Waals surface area contributed by atoms with E-state index in [4.69, 9.17) is 0 Å². The van der Waals surface area contributed by atoms with Crippen molar-refractivity contribution in [1.82, 2.24) is 5.32 Å². The molecule has 0 unspecified atom stereocenters. The van der Waals surface area contributed by atoms with E-state index in [1.165, 1.54) is 12.8 Å². The zero-order chi connectivity index (χ0) is 10.7. The summed E-state index contributed by atoms with van der Waals surface area (Å²) in [6.07, 6.45) is 3.58. The number of nitro benzene ring substituents is 1. The Morgan fingerprint density at radius 2 is 1.94 bits per heavy atom. The lowest BCUT2D eigenvalue weighted by atomic mass is 9.97. The number of benzene rings is 1. The highest BCUT2D eigenvalue weighted by molar-refractivity contribution is 5.85. The topological polar surface area (TPSA) is 55.2 Å². The molecule has 88 valence electrons. The summed E-state index contributed by atoms with van der Waals surface area (Å²) in [7, 11) is 0. The zero-order valence-electron chi connectivity index (χ0n) is 8.89. The highest BCUT2D eigenvalue weighted by Crippen LogP contribution is 2.24. The van der Waals surface area contributed by atoms with Gasteiger partial charge in [0.25, 0.3) is 5.69 Å². The molecule has 1 fully saturated rings. The van der Waals surface area contributed by atoms with Gasteiger partial charge in [0.05, 0.1) is 4.92 Å². The van der Waals surface area contributed by atoms with Crippen LogP contribution >= 0.6 is 12.4 Å². The van der Waals surface area contributed by atoms with Crippen molar-refractivity contribution in [3.63, 3.8) is 0 Å². The van der Waals surface area contributed by atoms with Crippen LogP contribution in [-0.4, -0.2) is 11.5 Å². The molecule has 1 aromatic carbocycles. The van der Waals surface area contributed by atoms with Gasteiger partial charge in [0, 0.05) is 18.2 Å². The predicted molar refractivity (Wildman–Crippen MR) is 64.9 cm³/mol. The number of rotatable bonds is 2. The lowest BCUT2D eigenvalue weighted by molar-refractivity contribution is -0.384. The van der Waals surface area contributed by atoms with Gasteiger partial charge in [-0.25, -0.2) is 0 Å². The molecule has 1 aliphatic heterocycles. The third-order valence-electron chi connectivity index (χ3n) is 2.82. The molecule has 1 heterocycles. The molecule has 5 heteroatoms. The fraction of sp³-hybridized carbons (Fsp3) is 0.455. The zero-order valence-corrected chi connectivity index (χ0v) is 9.70. The summed E-state index contributed by atoms with van der Waals surface area (Å²) >= 11 is 0. The number of halogens is 1. The number of piperidine rings is 1. The van der Waals surface area contributed by atoms with E-state index in [1.54, 1.807) is 12.1 Å². The first-order valence-corrected chi connectivity index (χ1v) is 5.25. The number of hydrogen-bond acceptors (Lipinski definition) is 3. The number of hydrogen-bond donors (Lipinski definition) is 1. The van der Waals surface area contributed by atoms with E-state index in [0.29, 0.717) is 6.04 Å². The van der Waals surface area contributed by atoms with Crippen molar-refractivity contribution in [2.24, 2.45) is 0 Å². The molecule has 1 N–H and O–H groups in total. The second kappa shape index (κ2) is 5.82. The number of nitrogens with one attached hydrogen (secondary N) is 1. The highest BCUT2D eigenvalue weighted by atomic mass is 35.5. The van der Waals surface area contributed by atoms with Gasteiger partial charge in [0.2, 0.25) is 0 Å². The van der Waals surface area contributed by atoms with Crippen LogP contribution in [0.25, 0.3) is 0 Å². The first-order valence-electron chi connectivity index (χ1n) is 5.25. The Balaban J connectivity index is 0.00000128. The summed E-state index contributed by atoms with van der Waals surface area (Å²) in [6.45, 7) is 1.04. The van der Waals surface area contributed by atoms with Crippen LogP contribution in [-0.2, 0) is 0 Å². The van der Waals surface area contributed by atoms with E-state index >= 15 is 0 Å². The summed E-state index contributed by atoms with van der Waals surface area (Å²) in [5.41, 5.74) is 1.31. The van der Waals surface area contributed by atoms with Gasteiger partial charge in [-0.05, 0) is 24.9 Å². The van der Waals surface area contributed by atoms with E-state index in [2.05, 4.69) is 5.32 Å². The van der Waals surface area contributed by atoms with Crippen LogP contribution in [0, 0.1) is 10.1 Å².